The molecule has 0 saturated heterocycles. The number of hydrogen-bond acceptors (Lipinski definition) is 4. The molecule has 1 aromatic carbocycles. The summed E-state index contributed by atoms with van der Waals surface area (Å²) in [5, 5.41) is 12.0. The molecule has 6 nitrogen and oxygen atoms in total. The molecule has 0 aliphatic carbocycles. The topological polar surface area (TPSA) is 71.0 Å². The van der Waals surface area contributed by atoms with Crippen LogP contribution in [0, 0.1) is 0 Å². The molecule has 1 aliphatic rings. The van der Waals surface area contributed by atoms with Crippen LogP contribution in [-0.2, 0) is 6.54 Å². The van der Waals surface area contributed by atoms with Crippen molar-refractivity contribution in [2.75, 3.05) is 26.1 Å². The second kappa shape index (κ2) is 5.36. The zero-order valence-electron chi connectivity index (χ0n) is 11.3. The van der Waals surface area contributed by atoms with Crippen LogP contribution in [0.1, 0.15) is 12.5 Å². The number of carbonyl (C=O) groups is 1. The van der Waals surface area contributed by atoms with Gasteiger partial charge in [-0.3, -0.25) is 0 Å². The molecule has 0 aromatic heterocycles. The fourth-order valence-corrected chi connectivity index (χ4v) is 2.07. The number of amides is 2. The Morgan fingerprint density at radius 2 is 2.00 bits per heavy atom. The molecular weight excluding hydrogens is 248 g/mol. The van der Waals surface area contributed by atoms with E-state index in [9.17, 15) is 4.79 Å². The molecule has 6 heteroatoms. The van der Waals surface area contributed by atoms with Crippen molar-refractivity contribution >= 4 is 11.7 Å². The van der Waals surface area contributed by atoms with E-state index >= 15 is 0 Å². The number of methoxy groups -OCH3 is 2. The molecule has 2 amide bonds. The number of aliphatic hydroxyl groups excluding tert-OH is 1. The highest BCUT2D eigenvalue weighted by Crippen LogP contribution is 2.36. The van der Waals surface area contributed by atoms with E-state index in [0.717, 1.165) is 5.56 Å². The van der Waals surface area contributed by atoms with Crippen LogP contribution in [-0.4, -0.2) is 42.9 Å². The van der Waals surface area contributed by atoms with E-state index in [2.05, 4.69) is 5.32 Å². The van der Waals surface area contributed by atoms with Crippen molar-refractivity contribution in [2.24, 2.45) is 0 Å². The molecule has 0 spiro atoms. The number of benzene rings is 1. The number of aliphatic hydroxyl groups is 1. The number of urea groups is 1. The maximum absolute atomic E-state index is 11.9. The Morgan fingerprint density at radius 1 is 1.37 bits per heavy atom. The summed E-state index contributed by atoms with van der Waals surface area (Å²) >= 11 is 0. The lowest BCUT2D eigenvalue weighted by molar-refractivity contribution is 0.143. The number of fused-ring (bicyclic) bond motifs is 1. The van der Waals surface area contributed by atoms with Crippen molar-refractivity contribution in [2.45, 2.75) is 19.5 Å². The fourth-order valence-electron chi connectivity index (χ4n) is 2.07. The van der Waals surface area contributed by atoms with Gasteiger partial charge in [0.15, 0.2) is 11.5 Å². The monoisotopic (exact) mass is 266 g/mol. The molecule has 0 fully saturated rings. The van der Waals surface area contributed by atoms with Gasteiger partial charge in [-0.2, -0.15) is 0 Å². The van der Waals surface area contributed by atoms with Crippen LogP contribution < -0.4 is 14.8 Å². The molecule has 1 atom stereocenters. The van der Waals surface area contributed by atoms with Crippen LogP contribution in [0.3, 0.4) is 0 Å². The summed E-state index contributed by atoms with van der Waals surface area (Å²) in [6.45, 7) is 2.16. The molecule has 1 aromatic rings. The van der Waals surface area contributed by atoms with Crippen LogP contribution in [0.15, 0.2) is 12.1 Å². The third-order valence-corrected chi connectivity index (χ3v) is 3.25. The van der Waals surface area contributed by atoms with E-state index < -0.39 is 0 Å². The minimum Gasteiger partial charge on any atom is -0.493 e. The predicted octanol–water partition coefficient (Wildman–Crippen LogP) is 1.43. The van der Waals surface area contributed by atoms with E-state index in [1.165, 1.54) is 0 Å². The number of nitrogens with zero attached hydrogens (tertiary/aromatic N) is 1. The van der Waals surface area contributed by atoms with Crippen molar-refractivity contribution in [3.8, 4) is 11.5 Å². The van der Waals surface area contributed by atoms with Crippen LogP contribution in [0.5, 0.6) is 11.5 Å². The first-order chi connectivity index (χ1) is 9.10. The summed E-state index contributed by atoms with van der Waals surface area (Å²) in [5.74, 6) is 1.19. The lowest BCUT2D eigenvalue weighted by Crippen LogP contribution is -2.45. The summed E-state index contributed by atoms with van der Waals surface area (Å²) in [6, 6.07) is 3.13. The highest BCUT2D eigenvalue weighted by atomic mass is 16.5. The summed E-state index contributed by atoms with van der Waals surface area (Å²) < 4.78 is 10.4. The van der Waals surface area contributed by atoms with Gasteiger partial charge in [0, 0.05) is 12.6 Å². The maximum Gasteiger partial charge on any atom is 0.322 e. The van der Waals surface area contributed by atoms with Crippen molar-refractivity contribution in [3.05, 3.63) is 17.7 Å². The Bertz CT molecular complexity index is 490. The van der Waals surface area contributed by atoms with Crippen LogP contribution in [0.25, 0.3) is 0 Å². The smallest absolute Gasteiger partial charge is 0.322 e. The Morgan fingerprint density at radius 3 is 2.58 bits per heavy atom. The van der Waals surface area contributed by atoms with Gasteiger partial charge >= 0.3 is 6.03 Å². The Hall–Kier alpha value is -1.95. The third-order valence-electron chi connectivity index (χ3n) is 3.25. The van der Waals surface area contributed by atoms with Gasteiger partial charge in [-0.1, -0.05) is 0 Å². The molecule has 19 heavy (non-hydrogen) atoms. The summed E-state index contributed by atoms with van der Waals surface area (Å²) in [5.41, 5.74) is 1.64. The number of hydrogen-bond donors (Lipinski definition) is 2. The van der Waals surface area contributed by atoms with Crippen LogP contribution >= 0.6 is 0 Å². The molecule has 0 radical (unpaired) electrons. The van der Waals surface area contributed by atoms with Gasteiger partial charge in [-0.15, -0.1) is 0 Å². The summed E-state index contributed by atoms with van der Waals surface area (Å²) in [6.07, 6.45) is 0. The Labute approximate surface area is 111 Å². The van der Waals surface area contributed by atoms with Crippen molar-refractivity contribution < 1.29 is 19.4 Å². The van der Waals surface area contributed by atoms with Gasteiger partial charge in [0.1, 0.15) is 0 Å². The van der Waals surface area contributed by atoms with Crippen LogP contribution in [0.2, 0.25) is 0 Å². The molecule has 1 aliphatic heterocycles. The maximum atomic E-state index is 11.9. The minimum absolute atomic E-state index is 0.0734. The number of rotatable bonds is 4. The zero-order valence-corrected chi connectivity index (χ0v) is 11.3. The van der Waals surface area contributed by atoms with Gasteiger partial charge in [0.2, 0.25) is 0 Å². The molecular formula is C13H18N2O4. The van der Waals surface area contributed by atoms with Crippen LogP contribution in [0.4, 0.5) is 10.5 Å². The second-order valence-corrected chi connectivity index (χ2v) is 4.45. The Kier molecular flexibility index (Phi) is 3.80. The van der Waals surface area contributed by atoms with Crippen molar-refractivity contribution in [3.63, 3.8) is 0 Å². The third kappa shape index (κ3) is 2.44. The SMILES string of the molecule is COc1cc2c(cc1OC)NC(=O)N(C(C)CO)C2. The lowest BCUT2D eigenvalue weighted by Gasteiger charge is -2.33. The van der Waals surface area contributed by atoms with Gasteiger partial charge in [-0.25, -0.2) is 4.79 Å². The standard InChI is InChI=1S/C13H18N2O4/c1-8(7-16)15-6-9-4-11(18-2)12(19-3)5-10(9)14-13(15)17/h4-5,8,16H,6-7H2,1-3H3,(H,14,17). The second-order valence-electron chi connectivity index (χ2n) is 4.45. The number of carbonyl (C=O) groups excluding carboxylic acids is 1. The molecule has 1 heterocycles. The summed E-state index contributed by atoms with van der Waals surface area (Å²) in [7, 11) is 3.12. The number of nitrogens with one attached hydrogen (secondary N) is 1. The molecule has 2 rings (SSSR count). The Balaban J connectivity index is 2.36. The normalized spacial score (nSPS) is 15.6. The minimum atomic E-state index is -0.235. The van der Waals surface area contributed by atoms with E-state index in [1.54, 1.807) is 32.1 Å². The molecule has 0 saturated carbocycles. The average Bonchev–Trinajstić information content (AvgIpc) is 2.44. The zero-order chi connectivity index (χ0) is 14.0. The number of ether oxygens (including phenoxy) is 2. The fraction of sp³-hybridized carbons (Fsp3) is 0.462. The van der Waals surface area contributed by atoms with Gasteiger partial charge in [0.05, 0.1) is 32.6 Å². The van der Waals surface area contributed by atoms with Crippen molar-refractivity contribution in [1.82, 2.24) is 4.90 Å². The molecule has 2 N–H and O–H groups in total. The average molecular weight is 266 g/mol. The predicted molar refractivity (Wildman–Crippen MR) is 70.7 cm³/mol. The lowest BCUT2D eigenvalue weighted by atomic mass is 10.1. The molecule has 1 unspecified atom stereocenters. The first-order valence-electron chi connectivity index (χ1n) is 6.04. The first-order valence-corrected chi connectivity index (χ1v) is 6.04. The van der Waals surface area contributed by atoms with E-state index in [0.29, 0.717) is 23.7 Å². The molecule has 104 valence electrons. The van der Waals surface area contributed by atoms with E-state index in [1.807, 2.05) is 6.07 Å². The van der Waals surface area contributed by atoms with E-state index in [4.69, 9.17) is 14.6 Å². The van der Waals surface area contributed by atoms with Crippen molar-refractivity contribution in [1.29, 1.82) is 0 Å². The highest BCUT2D eigenvalue weighted by molar-refractivity contribution is 5.93. The van der Waals surface area contributed by atoms with Gasteiger partial charge in [0.25, 0.3) is 0 Å². The molecule has 0 bridgehead atoms. The van der Waals surface area contributed by atoms with E-state index in [-0.39, 0.29) is 18.7 Å². The quantitative estimate of drug-likeness (QED) is 0.865. The largest absolute Gasteiger partial charge is 0.493 e. The first kappa shape index (κ1) is 13.5. The highest BCUT2D eigenvalue weighted by Gasteiger charge is 2.27. The summed E-state index contributed by atoms with van der Waals surface area (Å²) in [4.78, 5) is 13.5. The number of anilines is 1. The van der Waals surface area contributed by atoms with Gasteiger partial charge in [-0.05, 0) is 18.6 Å². The van der Waals surface area contributed by atoms with Gasteiger partial charge < -0.3 is 24.8 Å².